The number of rotatable bonds is 7. The van der Waals surface area contributed by atoms with E-state index in [4.69, 9.17) is 0 Å². The van der Waals surface area contributed by atoms with Crippen LogP contribution >= 0.6 is 0 Å². The minimum Gasteiger partial charge on any atom is -0.319 e. The maximum absolute atomic E-state index is 3.60. The fourth-order valence-corrected chi connectivity index (χ4v) is 2.19. The Labute approximate surface area is 112 Å². The normalized spacial score (nSPS) is 13.0. The first-order chi connectivity index (χ1) is 8.54. The largest absolute Gasteiger partial charge is 0.319 e. The number of nitrogens with one attached hydrogen (secondary N) is 2. The van der Waals surface area contributed by atoms with Crippen LogP contribution < -0.4 is 10.6 Å². The van der Waals surface area contributed by atoms with Crippen LogP contribution in [0.3, 0.4) is 0 Å². The Morgan fingerprint density at radius 1 is 1.11 bits per heavy atom. The molecule has 0 aliphatic carbocycles. The second-order valence-corrected chi connectivity index (χ2v) is 5.62. The maximum Gasteiger partial charge on any atom is 0.0208 e. The summed E-state index contributed by atoms with van der Waals surface area (Å²) in [7, 11) is 2.03. The molecule has 1 atom stereocenters. The Morgan fingerprint density at radius 3 is 2.44 bits per heavy atom. The summed E-state index contributed by atoms with van der Waals surface area (Å²) in [6.45, 7) is 12.1. The summed E-state index contributed by atoms with van der Waals surface area (Å²) in [5, 5.41) is 6.87. The number of aryl methyl sites for hydroxylation is 2. The first-order valence-corrected chi connectivity index (χ1v) is 6.96. The average Bonchev–Trinajstić information content (AvgIpc) is 2.32. The first kappa shape index (κ1) is 15.2. The molecule has 0 radical (unpaired) electrons. The molecule has 18 heavy (non-hydrogen) atoms. The quantitative estimate of drug-likeness (QED) is 0.775. The van der Waals surface area contributed by atoms with Gasteiger partial charge in [0.15, 0.2) is 0 Å². The van der Waals surface area contributed by atoms with Gasteiger partial charge in [-0.05, 0) is 56.9 Å². The monoisotopic (exact) mass is 248 g/mol. The molecule has 0 amide bonds. The van der Waals surface area contributed by atoms with E-state index < -0.39 is 0 Å². The highest BCUT2D eigenvalue weighted by atomic mass is 14.9. The van der Waals surface area contributed by atoms with Crippen molar-refractivity contribution in [3.8, 4) is 0 Å². The van der Waals surface area contributed by atoms with Crippen molar-refractivity contribution in [2.24, 2.45) is 11.8 Å². The van der Waals surface area contributed by atoms with Crippen LogP contribution in [-0.2, 0) is 6.54 Å². The summed E-state index contributed by atoms with van der Waals surface area (Å²) in [4.78, 5) is 0. The molecular formula is C16H28N2. The Hall–Kier alpha value is -0.860. The van der Waals surface area contributed by atoms with Crippen LogP contribution in [0.1, 0.15) is 30.5 Å². The summed E-state index contributed by atoms with van der Waals surface area (Å²) in [6, 6.07) is 6.67. The topological polar surface area (TPSA) is 24.1 Å². The molecule has 102 valence electrons. The van der Waals surface area contributed by atoms with E-state index >= 15 is 0 Å². The smallest absolute Gasteiger partial charge is 0.0208 e. The standard InChI is InChI=1S/C16H28N2/c1-12(2)16(9-17-5)11-18-10-15-8-13(3)6-7-14(15)4/h6-8,12,16-18H,9-11H2,1-5H3. The van der Waals surface area contributed by atoms with E-state index in [2.05, 4.69) is 56.5 Å². The van der Waals surface area contributed by atoms with E-state index in [1.165, 1.54) is 16.7 Å². The number of benzene rings is 1. The van der Waals surface area contributed by atoms with Gasteiger partial charge in [-0.3, -0.25) is 0 Å². The van der Waals surface area contributed by atoms with Crippen LogP contribution in [0.2, 0.25) is 0 Å². The molecule has 0 spiro atoms. The third kappa shape index (κ3) is 4.79. The lowest BCUT2D eigenvalue weighted by Gasteiger charge is -2.21. The second kappa shape index (κ2) is 7.55. The Bertz CT molecular complexity index is 358. The van der Waals surface area contributed by atoms with Gasteiger partial charge in [0.1, 0.15) is 0 Å². The highest BCUT2D eigenvalue weighted by Crippen LogP contribution is 2.12. The number of hydrogen-bond acceptors (Lipinski definition) is 2. The zero-order valence-electron chi connectivity index (χ0n) is 12.5. The fraction of sp³-hybridized carbons (Fsp3) is 0.625. The van der Waals surface area contributed by atoms with E-state index in [-0.39, 0.29) is 0 Å². The van der Waals surface area contributed by atoms with Gasteiger partial charge in [0.05, 0.1) is 0 Å². The molecule has 0 aromatic heterocycles. The summed E-state index contributed by atoms with van der Waals surface area (Å²) in [5.74, 6) is 1.41. The lowest BCUT2D eigenvalue weighted by atomic mass is 9.95. The van der Waals surface area contributed by atoms with Crippen LogP contribution in [0.4, 0.5) is 0 Å². The highest BCUT2D eigenvalue weighted by molar-refractivity contribution is 5.30. The van der Waals surface area contributed by atoms with Crippen LogP contribution in [0.5, 0.6) is 0 Å². The molecule has 2 nitrogen and oxygen atoms in total. The van der Waals surface area contributed by atoms with Crippen molar-refractivity contribution in [3.05, 3.63) is 34.9 Å². The minimum absolute atomic E-state index is 0.695. The van der Waals surface area contributed by atoms with Gasteiger partial charge in [-0.25, -0.2) is 0 Å². The van der Waals surface area contributed by atoms with Gasteiger partial charge in [-0.2, -0.15) is 0 Å². The van der Waals surface area contributed by atoms with Gasteiger partial charge in [-0.1, -0.05) is 37.6 Å². The second-order valence-electron chi connectivity index (χ2n) is 5.62. The molecule has 1 aromatic carbocycles. The first-order valence-electron chi connectivity index (χ1n) is 6.96. The Balaban J connectivity index is 2.47. The maximum atomic E-state index is 3.60. The van der Waals surface area contributed by atoms with Gasteiger partial charge >= 0.3 is 0 Å². The third-order valence-corrected chi connectivity index (χ3v) is 3.64. The summed E-state index contributed by atoms with van der Waals surface area (Å²) in [6.07, 6.45) is 0. The molecule has 0 aliphatic heterocycles. The van der Waals surface area contributed by atoms with E-state index in [0.717, 1.165) is 19.6 Å². The van der Waals surface area contributed by atoms with Crippen molar-refractivity contribution in [3.63, 3.8) is 0 Å². The Morgan fingerprint density at radius 2 is 1.83 bits per heavy atom. The molecule has 0 saturated carbocycles. The molecule has 1 rings (SSSR count). The molecule has 0 fully saturated rings. The van der Waals surface area contributed by atoms with Crippen molar-refractivity contribution in [1.29, 1.82) is 0 Å². The summed E-state index contributed by atoms with van der Waals surface area (Å²) in [5.41, 5.74) is 4.14. The van der Waals surface area contributed by atoms with Crippen LogP contribution in [0, 0.1) is 25.7 Å². The van der Waals surface area contributed by atoms with Gasteiger partial charge in [0, 0.05) is 6.54 Å². The van der Waals surface area contributed by atoms with Crippen molar-refractivity contribution in [2.45, 2.75) is 34.2 Å². The van der Waals surface area contributed by atoms with Gasteiger partial charge in [-0.15, -0.1) is 0 Å². The van der Waals surface area contributed by atoms with Gasteiger partial charge in [0.2, 0.25) is 0 Å². The molecule has 0 saturated heterocycles. The molecule has 2 heteroatoms. The molecular weight excluding hydrogens is 220 g/mol. The van der Waals surface area contributed by atoms with Crippen molar-refractivity contribution in [1.82, 2.24) is 10.6 Å². The van der Waals surface area contributed by atoms with Crippen LogP contribution in [0.15, 0.2) is 18.2 Å². The summed E-state index contributed by atoms with van der Waals surface area (Å²) >= 11 is 0. The van der Waals surface area contributed by atoms with Gasteiger partial charge < -0.3 is 10.6 Å². The third-order valence-electron chi connectivity index (χ3n) is 3.64. The fourth-order valence-electron chi connectivity index (χ4n) is 2.19. The average molecular weight is 248 g/mol. The molecule has 0 heterocycles. The van der Waals surface area contributed by atoms with Gasteiger partial charge in [0.25, 0.3) is 0 Å². The van der Waals surface area contributed by atoms with E-state index in [0.29, 0.717) is 11.8 Å². The molecule has 0 aliphatic rings. The van der Waals surface area contributed by atoms with Crippen LogP contribution in [0.25, 0.3) is 0 Å². The molecule has 0 bridgehead atoms. The predicted molar refractivity (Wildman–Crippen MR) is 79.9 cm³/mol. The van der Waals surface area contributed by atoms with Crippen LogP contribution in [-0.4, -0.2) is 20.1 Å². The molecule has 2 N–H and O–H groups in total. The lowest BCUT2D eigenvalue weighted by Crippen LogP contribution is -2.33. The minimum atomic E-state index is 0.695. The Kier molecular flexibility index (Phi) is 6.37. The van der Waals surface area contributed by atoms with Crippen molar-refractivity contribution in [2.75, 3.05) is 20.1 Å². The SMILES string of the molecule is CNCC(CNCc1cc(C)ccc1C)C(C)C. The van der Waals surface area contributed by atoms with E-state index in [1.807, 2.05) is 7.05 Å². The predicted octanol–water partition coefficient (Wildman–Crippen LogP) is 2.88. The zero-order chi connectivity index (χ0) is 13.5. The van der Waals surface area contributed by atoms with E-state index in [1.54, 1.807) is 0 Å². The summed E-state index contributed by atoms with van der Waals surface area (Å²) < 4.78 is 0. The molecule has 1 aromatic rings. The zero-order valence-corrected chi connectivity index (χ0v) is 12.5. The van der Waals surface area contributed by atoms with Crippen molar-refractivity contribution < 1.29 is 0 Å². The number of hydrogen-bond donors (Lipinski definition) is 2. The highest BCUT2D eigenvalue weighted by Gasteiger charge is 2.11. The lowest BCUT2D eigenvalue weighted by molar-refractivity contribution is 0.352. The van der Waals surface area contributed by atoms with Crippen molar-refractivity contribution >= 4 is 0 Å². The molecule has 1 unspecified atom stereocenters. The van der Waals surface area contributed by atoms with E-state index in [9.17, 15) is 0 Å².